The first kappa shape index (κ1) is 23.3. The van der Waals surface area contributed by atoms with Crippen LogP contribution in [0, 0.1) is 23.2 Å². The van der Waals surface area contributed by atoms with Gasteiger partial charge in [-0.15, -0.1) is 0 Å². The number of benzene rings is 1. The lowest BCUT2D eigenvalue weighted by atomic mass is 10.2. The lowest BCUT2D eigenvalue weighted by molar-refractivity contribution is 0.0527. The molecule has 0 atom stereocenters. The Hall–Kier alpha value is -4.37. The molecule has 2 aromatic heterocycles. The van der Waals surface area contributed by atoms with E-state index in [1.54, 1.807) is 53.6 Å². The fourth-order valence-corrected chi connectivity index (χ4v) is 2.69. The Morgan fingerprint density at radius 2 is 2.03 bits per heavy atom. The third-order valence-corrected chi connectivity index (χ3v) is 4.13. The molecule has 2 heterocycles. The number of amides is 1. The molecule has 0 aliphatic carbocycles. The topological polar surface area (TPSA) is 118 Å². The van der Waals surface area contributed by atoms with Crippen LogP contribution in [0.2, 0.25) is 0 Å². The lowest BCUT2D eigenvalue weighted by Crippen LogP contribution is -2.32. The van der Waals surface area contributed by atoms with Crippen molar-refractivity contribution in [3.8, 4) is 23.7 Å². The van der Waals surface area contributed by atoms with Gasteiger partial charge in [0.05, 0.1) is 23.4 Å². The molecule has 0 fully saturated rings. The maximum atomic E-state index is 11.7. The van der Waals surface area contributed by atoms with E-state index in [0.717, 1.165) is 5.69 Å². The minimum absolute atomic E-state index is 0.386. The molecule has 9 heteroatoms. The molecule has 9 nitrogen and oxygen atoms in total. The summed E-state index contributed by atoms with van der Waals surface area (Å²) in [6.07, 6.45) is 5.92. The van der Waals surface area contributed by atoms with Crippen LogP contribution in [0.5, 0.6) is 0 Å². The average Bonchev–Trinajstić information content (AvgIpc) is 3.31. The van der Waals surface area contributed by atoms with Gasteiger partial charge in [-0.3, -0.25) is 0 Å². The molecule has 168 valence electrons. The number of aromatic nitrogens is 4. The number of carbonyl (C=O) groups is 1. The monoisotopic (exact) mass is 443 g/mol. The van der Waals surface area contributed by atoms with Crippen molar-refractivity contribution in [3.63, 3.8) is 0 Å². The van der Waals surface area contributed by atoms with E-state index in [4.69, 9.17) is 10.00 Å². The fourth-order valence-electron chi connectivity index (χ4n) is 2.69. The van der Waals surface area contributed by atoms with E-state index in [1.165, 1.54) is 0 Å². The van der Waals surface area contributed by atoms with Crippen molar-refractivity contribution in [2.45, 2.75) is 39.2 Å². The van der Waals surface area contributed by atoms with Gasteiger partial charge < -0.3 is 15.4 Å². The summed E-state index contributed by atoms with van der Waals surface area (Å²) in [5.74, 6) is 7.12. The van der Waals surface area contributed by atoms with Crippen molar-refractivity contribution in [3.05, 3.63) is 60.0 Å². The number of hydrogen-bond acceptors (Lipinski definition) is 7. The summed E-state index contributed by atoms with van der Waals surface area (Å²) in [4.78, 5) is 20.6. The van der Waals surface area contributed by atoms with Crippen LogP contribution in [0.25, 0.3) is 5.82 Å². The second-order valence-corrected chi connectivity index (χ2v) is 8.03. The molecule has 33 heavy (non-hydrogen) atoms. The van der Waals surface area contributed by atoms with Crippen LogP contribution >= 0.6 is 0 Å². The number of nitrogens with one attached hydrogen (secondary N) is 2. The SMILES string of the molecule is CC(C)(C)OC(=O)NCCCC#Cc1cnc(Nc2ccc(C#N)cc2)nc1-n1cccn1. The van der Waals surface area contributed by atoms with Gasteiger partial charge in [0.2, 0.25) is 5.95 Å². The summed E-state index contributed by atoms with van der Waals surface area (Å²) in [6, 6.07) is 10.9. The third kappa shape index (κ3) is 7.37. The molecular formula is C24H25N7O2. The molecule has 0 unspecified atom stereocenters. The molecule has 0 radical (unpaired) electrons. The van der Waals surface area contributed by atoms with Gasteiger partial charge in [0, 0.05) is 31.0 Å². The molecule has 3 rings (SSSR count). The number of nitrogens with zero attached hydrogens (tertiary/aromatic N) is 5. The maximum Gasteiger partial charge on any atom is 0.407 e. The Labute approximate surface area is 192 Å². The Balaban J connectivity index is 1.65. The van der Waals surface area contributed by atoms with Crippen molar-refractivity contribution in [1.29, 1.82) is 5.26 Å². The van der Waals surface area contributed by atoms with E-state index < -0.39 is 11.7 Å². The smallest absolute Gasteiger partial charge is 0.407 e. The number of alkyl carbamates (subject to hydrolysis) is 1. The number of carbonyl (C=O) groups excluding carboxylic acids is 1. The average molecular weight is 444 g/mol. The van der Waals surface area contributed by atoms with E-state index >= 15 is 0 Å². The molecule has 0 aliphatic rings. The molecule has 1 amide bonds. The number of anilines is 2. The number of ether oxygens (including phenoxy) is 1. The fraction of sp³-hybridized carbons (Fsp3) is 0.292. The van der Waals surface area contributed by atoms with E-state index in [0.29, 0.717) is 42.3 Å². The van der Waals surface area contributed by atoms with Crippen LogP contribution in [0.1, 0.15) is 44.7 Å². The minimum atomic E-state index is -0.520. The van der Waals surface area contributed by atoms with Gasteiger partial charge in [-0.2, -0.15) is 15.3 Å². The third-order valence-electron chi connectivity index (χ3n) is 4.13. The molecule has 2 N–H and O–H groups in total. The van der Waals surface area contributed by atoms with Crippen LogP contribution in [0.4, 0.5) is 16.4 Å². The minimum Gasteiger partial charge on any atom is -0.444 e. The molecule has 0 bridgehead atoms. The number of rotatable bonds is 6. The molecule has 0 spiro atoms. The van der Waals surface area contributed by atoms with Crippen LogP contribution in [-0.2, 0) is 4.74 Å². The zero-order chi connectivity index (χ0) is 23.7. The number of hydrogen-bond donors (Lipinski definition) is 2. The summed E-state index contributed by atoms with van der Waals surface area (Å²) in [7, 11) is 0. The second-order valence-electron chi connectivity index (χ2n) is 8.03. The molecule has 3 aromatic rings. The van der Waals surface area contributed by atoms with Crippen LogP contribution in [-0.4, -0.2) is 38.0 Å². The zero-order valence-corrected chi connectivity index (χ0v) is 18.8. The Morgan fingerprint density at radius 1 is 1.24 bits per heavy atom. The highest BCUT2D eigenvalue weighted by atomic mass is 16.6. The van der Waals surface area contributed by atoms with Gasteiger partial charge in [-0.1, -0.05) is 11.8 Å². The highest BCUT2D eigenvalue weighted by Crippen LogP contribution is 2.17. The van der Waals surface area contributed by atoms with Crippen LogP contribution in [0.3, 0.4) is 0 Å². The predicted octanol–water partition coefficient (Wildman–Crippen LogP) is 3.93. The predicted molar refractivity (Wildman–Crippen MR) is 124 cm³/mol. The van der Waals surface area contributed by atoms with Crippen LogP contribution < -0.4 is 10.6 Å². The summed E-state index contributed by atoms with van der Waals surface area (Å²) in [6.45, 7) is 5.94. The molecule has 0 aliphatic heterocycles. The molecule has 0 saturated carbocycles. The standard InChI is InChI=1S/C24H25N7O2/c1-24(2,3)33-23(32)26-13-6-4-5-8-19-17-27-22(30-21(19)31-15-7-14-28-31)29-20-11-9-18(16-25)10-12-20/h7,9-12,14-15,17H,4,6,13H2,1-3H3,(H,26,32)(H,27,29,30). The first-order chi connectivity index (χ1) is 15.8. The molecular weight excluding hydrogens is 418 g/mol. The Bertz CT molecular complexity index is 1180. The van der Waals surface area contributed by atoms with Crippen molar-refractivity contribution in [1.82, 2.24) is 25.1 Å². The number of unbranched alkanes of at least 4 members (excludes halogenated alkanes) is 1. The summed E-state index contributed by atoms with van der Waals surface area (Å²) in [5.41, 5.74) is 1.44. The lowest BCUT2D eigenvalue weighted by Gasteiger charge is -2.19. The Kier molecular flexibility index (Phi) is 7.61. The number of nitriles is 1. The van der Waals surface area contributed by atoms with E-state index in [2.05, 4.69) is 43.6 Å². The zero-order valence-electron chi connectivity index (χ0n) is 18.8. The first-order valence-electron chi connectivity index (χ1n) is 10.4. The van der Waals surface area contributed by atoms with Gasteiger partial charge >= 0.3 is 6.09 Å². The quantitative estimate of drug-likeness (QED) is 0.438. The second kappa shape index (κ2) is 10.8. The highest BCUT2D eigenvalue weighted by Gasteiger charge is 2.15. The Morgan fingerprint density at radius 3 is 2.70 bits per heavy atom. The van der Waals surface area contributed by atoms with Gasteiger partial charge in [-0.05, 0) is 57.5 Å². The van der Waals surface area contributed by atoms with Crippen molar-refractivity contribution < 1.29 is 9.53 Å². The summed E-state index contributed by atoms with van der Waals surface area (Å²) in [5, 5.41) is 19.0. The highest BCUT2D eigenvalue weighted by molar-refractivity contribution is 5.67. The van der Waals surface area contributed by atoms with Gasteiger partial charge in [-0.25, -0.2) is 14.5 Å². The van der Waals surface area contributed by atoms with Gasteiger partial charge in [0.25, 0.3) is 0 Å². The molecule has 1 aromatic carbocycles. The summed E-state index contributed by atoms with van der Waals surface area (Å²) < 4.78 is 6.83. The largest absolute Gasteiger partial charge is 0.444 e. The van der Waals surface area contributed by atoms with Crippen molar-refractivity contribution >= 4 is 17.7 Å². The maximum absolute atomic E-state index is 11.7. The van der Waals surface area contributed by atoms with Crippen molar-refractivity contribution in [2.75, 3.05) is 11.9 Å². The van der Waals surface area contributed by atoms with Gasteiger partial charge in [0.1, 0.15) is 5.60 Å². The molecule has 0 saturated heterocycles. The van der Waals surface area contributed by atoms with Crippen molar-refractivity contribution in [2.24, 2.45) is 0 Å². The van der Waals surface area contributed by atoms with Gasteiger partial charge in [0.15, 0.2) is 5.82 Å². The summed E-state index contributed by atoms with van der Waals surface area (Å²) >= 11 is 0. The van der Waals surface area contributed by atoms with E-state index in [-0.39, 0.29) is 0 Å². The van der Waals surface area contributed by atoms with E-state index in [9.17, 15) is 4.79 Å². The first-order valence-corrected chi connectivity index (χ1v) is 10.4. The van der Waals surface area contributed by atoms with Crippen LogP contribution in [0.15, 0.2) is 48.9 Å². The van der Waals surface area contributed by atoms with E-state index in [1.807, 2.05) is 20.8 Å². The normalized spacial score (nSPS) is 10.5.